The zero-order chi connectivity index (χ0) is 30.5. The zero-order valence-corrected chi connectivity index (χ0v) is 26.7. The largest absolute Gasteiger partial charge is 0.497 e. The van der Waals surface area contributed by atoms with E-state index in [0.29, 0.717) is 5.92 Å². The molecule has 0 radical (unpaired) electrons. The topological polar surface area (TPSA) is 46.5 Å². The molecule has 0 aliphatic carbocycles. The predicted octanol–water partition coefficient (Wildman–Crippen LogP) is 8.62. The lowest BCUT2D eigenvalue weighted by molar-refractivity contribution is 0.0770. The van der Waals surface area contributed by atoms with Crippen molar-refractivity contribution in [1.82, 2.24) is 0 Å². The second-order valence-electron chi connectivity index (χ2n) is 12.4. The summed E-state index contributed by atoms with van der Waals surface area (Å²) in [5.74, 6) is 2.72. The monoisotopic (exact) mass is 577 g/mol. The van der Waals surface area contributed by atoms with Crippen LogP contribution in [0, 0.1) is 5.92 Å². The van der Waals surface area contributed by atoms with E-state index in [1.165, 1.54) is 5.69 Å². The Bertz CT molecular complexity index is 1690. The minimum atomic E-state index is -0.859. The van der Waals surface area contributed by atoms with E-state index in [0.717, 1.165) is 75.7 Å². The third-order valence-corrected chi connectivity index (χ3v) is 9.21. The molecule has 1 spiro atoms. The van der Waals surface area contributed by atoms with Gasteiger partial charge in [0.2, 0.25) is 5.72 Å². The van der Waals surface area contributed by atoms with Gasteiger partial charge >= 0.3 is 0 Å². The first-order valence-corrected chi connectivity index (χ1v) is 15.4. The molecule has 0 saturated carbocycles. The predicted molar refractivity (Wildman–Crippen MR) is 179 cm³/mol. The van der Waals surface area contributed by atoms with Gasteiger partial charge in [-0.05, 0) is 80.0 Å². The summed E-state index contributed by atoms with van der Waals surface area (Å²) < 4.78 is 19.0. The molecule has 0 amide bonds. The lowest BCUT2D eigenvalue weighted by Gasteiger charge is -2.47. The Morgan fingerprint density at radius 3 is 2.23 bits per heavy atom. The molecule has 1 atom stereocenters. The van der Waals surface area contributed by atoms with E-state index < -0.39 is 11.1 Å². The van der Waals surface area contributed by atoms with Crippen molar-refractivity contribution >= 4 is 34.0 Å². The summed E-state index contributed by atoms with van der Waals surface area (Å²) in [5.41, 5.74) is 5.21. The van der Waals surface area contributed by atoms with E-state index in [1.54, 1.807) is 14.2 Å². The Hall–Kier alpha value is -4.19. The fourth-order valence-electron chi connectivity index (χ4n) is 6.87. The van der Waals surface area contributed by atoms with Gasteiger partial charge in [-0.1, -0.05) is 50.2 Å². The number of hydrogen-bond donors (Lipinski definition) is 0. The van der Waals surface area contributed by atoms with Gasteiger partial charge in [0.05, 0.1) is 31.5 Å². The number of nitrogens with zero attached hydrogens (tertiary/aromatic N) is 3. The maximum atomic E-state index is 7.32. The summed E-state index contributed by atoms with van der Waals surface area (Å²) in [5, 5.41) is 2.20. The minimum absolute atomic E-state index is 0.377. The standard InChI is InChI=1S/C37H43N3O3/c1-9-39(10-2)26-17-15-25(16-18-26)30-21-32-35(29-14-12-11-13-28(29)30)43-37(23-38-32)36(5,6)31-19-27(41-7)20-33(42-8)34(31)40(37)22-24(3)4/h11-21,23-24H,9-10,22H2,1-8H3. The van der Waals surface area contributed by atoms with Crippen molar-refractivity contribution in [3.63, 3.8) is 0 Å². The van der Waals surface area contributed by atoms with Gasteiger partial charge in [-0.15, -0.1) is 0 Å². The summed E-state index contributed by atoms with van der Waals surface area (Å²) >= 11 is 0. The number of benzene rings is 4. The Kier molecular flexibility index (Phi) is 7.27. The van der Waals surface area contributed by atoms with Crippen molar-refractivity contribution in [3.05, 3.63) is 72.3 Å². The molecule has 6 heteroatoms. The highest BCUT2D eigenvalue weighted by molar-refractivity contribution is 6.05. The maximum absolute atomic E-state index is 7.32. The fraction of sp³-hybridized carbons (Fsp3) is 0.378. The fourth-order valence-corrected chi connectivity index (χ4v) is 6.87. The van der Waals surface area contributed by atoms with Gasteiger partial charge in [0.25, 0.3) is 0 Å². The first-order chi connectivity index (χ1) is 20.7. The molecule has 6 rings (SSSR count). The van der Waals surface area contributed by atoms with Crippen LogP contribution in [-0.2, 0) is 5.41 Å². The van der Waals surface area contributed by atoms with Crippen LogP contribution in [0.5, 0.6) is 17.2 Å². The Balaban J connectivity index is 1.52. The molecule has 4 aromatic rings. The number of anilines is 2. The van der Waals surface area contributed by atoms with Crippen LogP contribution in [0.1, 0.15) is 47.1 Å². The highest BCUT2D eigenvalue weighted by atomic mass is 16.5. The molecule has 224 valence electrons. The van der Waals surface area contributed by atoms with Crippen LogP contribution in [0.4, 0.5) is 17.1 Å². The van der Waals surface area contributed by atoms with Gasteiger partial charge < -0.3 is 24.0 Å². The number of fused-ring (bicyclic) bond motifs is 4. The van der Waals surface area contributed by atoms with E-state index in [9.17, 15) is 0 Å². The zero-order valence-electron chi connectivity index (χ0n) is 26.7. The first kappa shape index (κ1) is 28.9. The Morgan fingerprint density at radius 2 is 1.60 bits per heavy atom. The average Bonchev–Trinajstić information content (AvgIpc) is 3.19. The average molecular weight is 578 g/mol. The van der Waals surface area contributed by atoms with Gasteiger partial charge in [0.1, 0.15) is 17.2 Å². The molecule has 2 heterocycles. The van der Waals surface area contributed by atoms with Crippen molar-refractivity contribution in [1.29, 1.82) is 0 Å². The molecule has 0 aromatic heterocycles. The van der Waals surface area contributed by atoms with Crippen molar-refractivity contribution < 1.29 is 14.2 Å². The molecular weight excluding hydrogens is 534 g/mol. The summed E-state index contributed by atoms with van der Waals surface area (Å²) in [6, 6.07) is 23.7. The van der Waals surface area contributed by atoms with Gasteiger partial charge in [0, 0.05) is 36.8 Å². The molecular formula is C37H43N3O3. The van der Waals surface area contributed by atoms with Gasteiger partial charge in [-0.3, -0.25) is 4.99 Å². The summed E-state index contributed by atoms with van der Waals surface area (Å²) in [7, 11) is 3.41. The van der Waals surface area contributed by atoms with Crippen LogP contribution in [0.2, 0.25) is 0 Å². The third kappa shape index (κ3) is 4.41. The first-order valence-electron chi connectivity index (χ1n) is 15.4. The van der Waals surface area contributed by atoms with Crippen molar-refractivity contribution in [3.8, 4) is 28.4 Å². The molecule has 0 saturated heterocycles. The van der Waals surface area contributed by atoms with Crippen LogP contribution in [0.15, 0.2) is 71.7 Å². The van der Waals surface area contributed by atoms with Crippen LogP contribution < -0.4 is 24.0 Å². The molecule has 2 aliphatic heterocycles. The summed E-state index contributed by atoms with van der Waals surface area (Å²) in [4.78, 5) is 9.91. The Morgan fingerprint density at radius 1 is 0.907 bits per heavy atom. The maximum Gasteiger partial charge on any atom is 0.229 e. The van der Waals surface area contributed by atoms with E-state index in [-0.39, 0.29) is 0 Å². The van der Waals surface area contributed by atoms with Crippen molar-refractivity contribution in [2.24, 2.45) is 10.9 Å². The lowest BCUT2D eigenvalue weighted by Crippen LogP contribution is -2.62. The number of methoxy groups -OCH3 is 2. The van der Waals surface area contributed by atoms with Crippen LogP contribution >= 0.6 is 0 Å². The van der Waals surface area contributed by atoms with Gasteiger partial charge in [0.15, 0.2) is 5.75 Å². The smallest absolute Gasteiger partial charge is 0.229 e. The number of rotatable bonds is 8. The molecule has 43 heavy (non-hydrogen) atoms. The van der Waals surface area contributed by atoms with E-state index in [2.05, 4.69) is 112 Å². The Labute approximate surface area is 255 Å². The van der Waals surface area contributed by atoms with Crippen LogP contribution in [-0.4, -0.2) is 45.8 Å². The number of hydrogen-bond acceptors (Lipinski definition) is 6. The highest BCUT2D eigenvalue weighted by Crippen LogP contribution is 2.59. The van der Waals surface area contributed by atoms with Crippen molar-refractivity contribution in [2.45, 2.75) is 52.7 Å². The molecule has 4 aromatic carbocycles. The summed E-state index contributed by atoms with van der Waals surface area (Å²) in [6.45, 7) is 16.1. The molecule has 0 N–H and O–H groups in total. The normalized spacial score (nSPS) is 18.1. The molecule has 0 bridgehead atoms. The van der Waals surface area contributed by atoms with Crippen molar-refractivity contribution in [2.75, 3.05) is 43.7 Å². The SMILES string of the molecule is CCN(CC)c1ccc(-c2cc3c(c4ccccc24)OC2(C=N3)N(CC(C)C)c3c(OC)cc(OC)cc3C2(C)C)cc1. The van der Waals surface area contributed by atoms with E-state index in [4.69, 9.17) is 19.2 Å². The lowest BCUT2D eigenvalue weighted by atomic mass is 9.77. The van der Waals surface area contributed by atoms with E-state index in [1.807, 2.05) is 12.3 Å². The minimum Gasteiger partial charge on any atom is -0.497 e. The third-order valence-electron chi connectivity index (χ3n) is 9.21. The van der Waals surface area contributed by atoms with Gasteiger partial charge in [-0.25, -0.2) is 0 Å². The molecule has 0 fully saturated rings. The van der Waals surface area contributed by atoms with Crippen LogP contribution in [0.3, 0.4) is 0 Å². The quantitative estimate of drug-likeness (QED) is 0.210. The molecule has 6 nitrogen and oxygen atoms in total. The highest BCUT2D eigenvalue weighted by Gasteiger charge is 2.61. The van der Waals surface area contributed by atoms with Gasteiger partial charge in [-0.2, -0.15) is 0 Å². The van der Waals surface area contributed by atoms with Crippen LogP contribution in [0.25, 0.3) is 21.9 Å². The van der Waals surface area contributed by atoms with E-state index >= 15 is 0 Å². The number of ether oxygens (including phenoxy) is 3. The second-order valence-corrected chi connectivity index (χ2v) is 12.4. The molecule has 1 unspecified atom stereocenters. The number of aliphatic imine (C=N–C) groups is 1. The second kappa shape index (κ2) is 10.8. The molecule has 2 aliphatic rings. The summed E-state index contributed by atoms with van der Waals surface area (Å²) in [6.07, 6.45) is 2.02.